The van der Waals surface area contributed by atoms with Crippen LogP contribution in [-0.4, -0.2) is 19.3 Å². The standard InChI is InChI=1S/C10H20OSi/c1-8(2)9-7-12(3,4)6-5-10(9)11/h9-11H,1,5-7H2,2-4H3/t9-,10-/m1/s1. The maximum atomic E-state index is 9.73. The number of aliphatic hydroxyl groups is 1. The molecule has 0 amide bonds. The van der Waals surface area contributed by atoms with Gasteiger partial charge in [-0.3, -0.25) is 0 Å². The van der Waals surface area contributed by atoms with Gasteiger partial charge in [-0.25, -0.2) is 0 Å². The molecule has 1 fully saturated rings. The van der Waals surface area contributed by atoms with Gasteiger partial charge in [-0.05, 0) is 19.4 Å². The summed E-state index contributed by atoms with van der Waals surface area (Å²) < 4.78 is 0. The molecule has 1 aliphatic rings. The second-order valence-electron chi connectivity index (χ2n) is 4.93. The molecule has 70 valence electrons. The van der Waals surface area contributed by atoms with Crippen LogP contribution >= 0.6 is 0 Å². The Bertz CT molecular complexity index is 186. The minimum atomic E-state index is -0.979. The predicted molar refractivity (Wildman–Crippen MR) is 56.0 cm³/mol. The van der Waals surface area contributed by atoms with Crippen LogP contribution in [0.2, 0.25) is 25.2 Å². The molecule has 0 spiro atoms. The van der Waals surface area contributed by atoms with Crippen molar-refractivity contribution in [3.63, 3.8) is 0 Å². The normalized spacial score (nSPS) is 34.7. The third kappa shape index (κ3) is 2.20. The second-order valence-corrected chi connectivity index (χ2v) is 10.2. The Labute approximate surface area is 76.5 Å². The second kappa shape index (κ2) is 3.34. The summed E-state index contributed by atoms with van der Waals surface area (Å²) in [6, 6.07) is 2.50. The molecular formula is C10H20OSi. The first-order valence-electron chi connectivity index (χ1n) is 4.76. The van der Waals surface area contributed by atoms with Crippen LogP contribution < -0.4 is 0 Å². The third-order valence-electron chi connectivity index (χ3n) is 2.99. The number of hydrogen-bond donors (Lipinski definition) is 1. The SMILES string of the molecule is C=C(C)[C@H]1C[Si](C)(C)CC[C@H]1O. The summed E-state index contributed by atoms with van der Waals surface area (Å²) in [6.07, 6.45) is 0.888. The van der Waals surface area contributed by atoms with E-state index in [1.165, 1.54) is 17.7 Å². The van der Waals surface area contributed by atoms with Gasteiger partial charge in [-0.1, -0.05) is 31.3 Å². The fraction of sp³-hybridized carbons (Fsp3) is 0.800. The van der Waals surface area contributed by atoms with Crippen LogP contribution in [0.1, 0.15) is 13.3 Å². The van der Waals surface area contributed by atoms with Crippen molar-refractivity contribution >= 4 is 8.07 Å². The van der Waals surface area contributed by atoms with E-state index >= 15 is 0 Å². The zero-order valence-electron chi connectivity index (χ0n) is 8.43. The van der Waals surface area contributed by atoms with E-state index in [-0.39, 0.29) is 6.10 Å². The molecule has 0 aromatic rings. The molecule has 0 aliphatic carbocycles. The van der Waals surface area contributed by atoms with Gasteiger partial charge in [-0.2, -0.15) is 0 Å². The molecule has 1 heterocycles. The first-order chi connectivity index (χ1) is 5.42. The van der Waals surface area contributed by atoms with Crippen LogP contribution in [0.5, 0.6) is 0 Å². The molecular weight excluding hydrogens is 164 g/mol. The van der Waals surface area contributed by atoms with Crippen molar-refractivity contribution in [3.05, 3.63) is 12.2 Å². The quantitative estimate of drug-likeness (QED) is 0.491. The van der Waals surface area contributed by atoms with Gasteiger partial charge in [0.25, 0.3) is 0 Å². The lowest BCUT2D eigenvalue weighted by atomic mass is 9.95. The summed E-state index contributed by atoms with van der Waals surface area (Å²) in [5, 5.41) is 9.73. The molecule has 0 aromatic heterocycles. The third-order valence-corrected chi connectivity index (χ3v) is 6.17. The Hall–Kier alpha value is -0.0831. The van der Waals surface area contributed by atoms with Gasteiger partial charge in [0.05, 0.1) is 6.10 Å². The fourth-order valence-corrected chi connectivity index (χ4v) is 5.17. The Balaban J connectivity index is 2.66. The van der Waals surface area contributed by atoms with Crippen LogP contribution in [-0.2, 0) is 0 Å². The van der Waals surface area contributed by atoms with Crippen molar-refractivity contribution in [2.24, 2.45) is 5.92 Å². The summed E-state index contributed by atoms with van der Waals surface area (Å²) in [5.74, 6) is 0.389. The van der Waals surface area contributed by atoms with Crippen LogP contribution in [0, 0.1) is 5.92 Å². The number of rotatable bonds is 1. The van der Waals surface area contributed by atoms with Gasteiger partial charge in [-0.15, -0.1) is 0 Å². The van der Waals surface area contributed by atoms with Crippen molar-refractivity contribution < 1.29 is 5.11 Å². The first-order valence-corrected chi connectivity index (χ1v) is 8.17. The van der Waals surface area contributed by atoms with E-state index in [0.717, 1.165) is 6.42 Å². The topological polar surface area (TPSA) is 20.2 Å². The molecule has 2 atom stereocenters. The molecule has 12 heavy (non-hydrogen) atoms. The molecule has 0 radical (unpaired) electrons. The van der Waals surface area contributed by atoms with Gasteiger partial charge in [0.2, 0.25) is 0 Å². The molecule has 0 saturated carbocycles. The number of aliphatic hydroxyl groups excluding tert-OH is 1. The van der Waals surface area contributed by atoms with E-state index in [9.17, 15) is 5.11 Å². The van der Waals surface area contributed by atoms with E-state index in [1.54, 1.807) is 0 Å². The Morgan fingerprint density at radius 3 is 2.50 bits per heavy atom. The molecule has 1 saturated heterocycles. The highest BCUT2D eigenvalue weighted by Gasteiger charge is 2.35. The summed E-state index contributed by atoms with van der Waals surface area (Å²) in [7, 11) is -0.979. The molecule has 0 aromatic carbocycles. The van der Waals surface area contributed by atoms with Crippen molar-refractivity contribution in [2.75, 3.05) is 0 Å². The van der Waals surface area contributed by atoms with Gasteiger partial charge in [0.15, 0.2) is 0 Å². The Morgan fingerprint density at radius 1 is 1.50 bits per heavy atom. The van der Waals surface area contributed by atoms with E-state index < -0.39 is 8.07 Å². The van der Waals surface area contributed by atoms with E-state index in [2.05, 4.69) is 19.7 Å². The summed E-state index contributed by atoms with van der Waals surface area (Å²) >= 11 is 0. The zero-order chi connectivity index (χ0) is 9.35. The van der Waals surface area contributed by atoms with Crippen molar-refractivity contribution in [1.29, 1.82) is 0 Å². The zero-order valence-corrected chi connectivity index (χ0v) is 9.43. The summed E-state index contributed by atoms with van der Waals surface area (Å²) in [4.78, 5) is 0. The minimum Gasteiger partial charge on any atom is -0.393 e. The van der Waals surface area contributed by atoms with Crippen molar-refractivity contribution in [3.8, 4) is 0 Å². The van der Waals surface area contributed by atoms with Crippen LogP contribution in [0.15, 0.2) is 12.2 Å². The monoisotopic (exact) mass is 184 g/mol. The summed E-state index contributed by atoms with van der Waals surface area (Å²) in [6.45, 7) is 10.8. The Morgan fingerprint density at radius 2 is 2.08 bits per heavy atom. The van der Waals surface area contributed by atoms with Crippen molar-refractivity contribution in [1.82, 2.24) is 0 Å². The minimum absolute atomic E-state index is 0.108. The van der Waals surface area contributed by atoms with Gasteiger partial charge < -0.3 is 5.11 Å². The molecule has 1 nitrogen and oxygen atoms in total. The van der Waals surface area contributed by atoms with E-state index in [1.807, 2.05) is 6.92 Å². The van der Waals surface area contributed by atoms with Gasteiger partial charge in [0, 0.05) is 14.0 Å². The molecule has 2 heteroatoms. The maximum absolute atomic E-state index is 9.73. The van der Waals surface area contributed by atoms with E-state index in [4.69, 9.17) is 0 Å². The lowest BCUT2D eigenvalue weighted by molar-refractivity contribution is 0.121. The first kappa shape index (κ1) is 10.0. The molecule has 1 aliphatic heterocycles. The molecule has 1 rings (SSSR count). The maximum Gasteiger partial charge on any atom is 0.0599 e. The van der Waals surface area contributed by atoms with E-state index in [0.29, 0.717) is 5.92 Å². The van der Waals surface area contributed by atoms with Gasteiger partial charge >= 0.3 is 0 Å². The largest absolute Gasteiger partial charge is 0.393 e. The lowest BCUT2D eigenvalue weighted by Gasteiger charge is -2.37. The average Bonchev–Trinajstić information content (AvgIpc) is 1.94. The highest BCUT2D eigenvalue weighted by Crippen LogP contribution is 2.36. The highest BCUT2D eigenvalue weighted by atomic mass is 28.3. The van der Waals surface area contributed by atoms with Crippen LogP contribution in [0.3, 0.4) is 0 Å². The Kier molecular flexibility index (Phi) is 2.79. The molecule has 0 unspecified atom stereocenters. The fourth-order valence-electron chi connectivity index (χ4n) is 2.08. The van der Waals surface area contributed by atoms with Crippen LogP contribution in [0.25, 0.3) is 0 Å². The lowest BCUT2D eigenvalue weighted by Crippen LogP contribution is -2.39. The van der Waals surface area contributed by atoms with Crippen LogP contribution in [0.4, 0.5) is 0 Å². The smallest absolute Gasteiger partial charge is 0.0599 e. The number of hydrogen-bond acceptors (Lipinski definition) is 1. The van der Waals surface area contributed by atoms with Crippen molar-refractivity contribution in [2.45, 2.75) is 44.6 Å². The van der Waals surface area contributed by atoms with Gasteiger partial charge in [0.1, 0.15) is 0 Å². The molecule has 0 bridgehead atoms. The average molecular weight is 184 g/mol. The molecule has 1 N–H and O–H groups in total. The highest BCUT2D eigenvalue weighted by molar-refractivity contribution is 6.77. The predicted octanol–water partition coefficient (Wildman–Crippen LogP) is 2.65. The summed E-state index contributed by atoms with van der Waals surface area (Å²) in [5.41, 5.74) is 1.17.